The number of aryl methyl sites for hydroxylation is 18. The predicted octanol–water partition coefficient (Wildman–Crippen LogP) is 38.0. The third-order valence-electron chi connectivity index (χ3n) is 37.7. The van der Waals surface area contributed by atoms with Crippen molar-refractivity contribution in [3.63, 3.8) is 0 Å². The Balaban J connectivity index is 0.000000172. The number of hydrogen-bond acceptors (Lipinski definition) is 0. The standard InChI is InChI=1S/C24H30.C23H30.3C18H24.C17H24.C12H18/c1-11-12(2)16(6)22-20(10)24-18(8)14(4)13(3)17(7)23(24)19(9)21(22)15(11)5;1-11-13(3)17(7)21-19(15(11)5)20-16(6)12(2)14(4)18(8)22(20)23(21,9)10;3*1-9-10(2)14(6)18-16(8)12(4)11(3)15(7)17(18)13(9)5;1-9-10(2)12(4)16-15(11(9)3)13(5)14(6)17(16,7)8;1-7-8(2)10(4)12(6)11(5)9(7)3/h1-10H3;1-10H3;3*1-8H3;1-8H3;1-6H3. The lowest BCUT2D eigenvalue weighted by molar-refractivity contribution is 0.632. The third-order valence-corrected chi connectivity index (χ3v) is 37.7. The molecule has 0 N–H and O–H groups in total. The van der Waals surface area contributed by atoms with Crippen LogP contribution in [0.25, 0.3) is 70.6 Å². The predicted molar refractivity (Wildman–Crippen MR) is 588 cm³/mol. The van der Waals surface area contributed by atoms with Crippen molar-refractivity contribution in [2.75, 3.05) is 0 Å². The van der Waals surface area contributed by atoms with Gasteiger partial charge in [0.25, 0.3) is 0 Å². The van der Waals surface area contributed by atoms with E-state index in [-0.39, 0.29) is 10.8 Å². The van der Waals surface area contributed by atoms with E-state index >= 15 is 0 Å². The highest BCUT2D eigenvalue weighted by molar-refractivity contribution is 6.11. The van der Waals surface area contributed by atoms with E-state index in [1.165, 1.54) is 371 Å². The largest absolute Gasteiger partial charge is 0.0597 e. The molecule has 694 valence electrons. The number of rotatable bonds is 0. The first-order valence-electron chi connectivity index (χ1n) is 49.0. The monoisotopic (exact) mass is 1740 g/mol. The van der Waals surface area contributed by atoms with E-state index in [0.29, 0.717) is 0 Å². The van der Waals surface area contributed by atoms with E-state index in [1.807, 2.05) is 0 Å². The van der Waals surface area contributed by atoms with Gasteiger partial charge in [-0.3, -0.25) is 0 Å². The number of hydrogen-bond donors (Lipinski definition) is 0. The van der Waals surface area contributed by atoms with Gasteiger partial charge in [-0.15, -0.1) is 0 Å². The molecule has 0 heteroatoms. The fourth-order valence-corrected chi connectivity index (χ4v) is 24.3. The minimum atomic E-state index is 0.0886. The van der Waals surface area contributed by atoms with E-state index in [0.717, 1.165) is 0 Å². The Hall–Kier alpha value is -9.10. The Labute approximate surface area is 794 Å². The first kappa shape index (κ1) is 105. The average Bonchev–Trinajstić information content (AvgIpc) is 1.48. The SMILES string of the molecule is CC1=C(C)C(C)(C)c2c(C)c(C)c(C)c(C)c21.Cc1c(C)c(C)c(C)c(C)c1C.Cc1c(C)c(C)c2c(C)c(C)c(C)c(C)c2c1C.Cc1c(C)c(C)c2c(C)c(C)c(C)c(C)c2c1C.Cc1c(C)c(C)c2c(C)c(C)c(C)c(C)c2c1C.Cc1c(C)c(C)c2c(C)c3c(C)c(C)c(C)c(C)c3c(C)c2c1C.Cc1c(C)c(C)c2c(c1C)-c1c(C)c(C)c(C)c(C)c1C2(C)C. The minimum absolute atomic E-state index is 0.0886. The summed E-state index contributed by atoms with van der Waals surface area (Å²) in [5, 5.41) is 14.8. The van der Waals surface area contributed by atoms with Gasteiger partial charge in [0.2, 0.25) is 0 Å². The highest BCUT2D eigenvalue weighted by Crippen LogP contribution is 2.57. The van der Waals surface area contributed by atoms with E-state index in [9.17, 15) is 0 Å². The summed E-state index contributed by atoms with van der Waals surface area (Å²) in [5.74, 6) is 0. The quantitative estimate of drug-likeness (QED) is 0.133. The normalized spacial score (nSPS) is 12.8. The Bertz CT molecular complexity index is 6090. The summed E-state index contributed by atoms with van der Waals surface area (Å²) in [7, 11) is 0. The van der Waals surface area contributed by atoms with Gasteiger partial charge in [-0.05, 0) is 756 Å². The first-order valence-corrected chi connectivity index (χ1v) is 49.0. The average molecular weight is 1740 g/mol. The maximum atomic E-state index is 2.42. The van der Waals surface area contributed by atoms with Crippen LogP contribution in [0.4, 0.5) is 0 Å². The van der Waals surface area contributed by atoms with Gasteiger partial charge >= 0.3 is 0 Å². The van der Waals surface area contributed by atoms with Crippen LogP contribution < -0.4 is 0 Å². The Morgan fingerprint density at radius 1 is 0.0923 bits per heavy atom. The molecule has 15 rings (SSSR count). The molecule has 0 bridgehead atoms. The van der Waals surface area contributed by atoms with Crippen molar-refractivity contribution in [3.8, 4) is 11.1 Å². The second-order valence-electron chi connectivity index (χ2n) is 43.0. The van der Waals surface area contributed by atoms with Crippen molar-refractivity contribution in [1.82, 2.24) is 0 Å². The zero-order valence-electron chi connectivity index (χ0n) is 94.0. The smallest absolute Gasteiger partial charge is 0.0164 e. The molecule has 130 heavy (non-hydrogen) atoms. The van der Waals surface area contributed by atoms with E-state index in [1.54, 1.807) is 16.7 Å². The molecule has 0 nitrogen and oxygen atoms in total. The van der Waals surface area contributed by atoms with Crippen molar-refractivity contribution in [1.29, 1.82) is 0 Å². The maximum Gasteiger partial charge on any atom is 0.0164 e. The van der Waals surface area contributed by atoms with Crippen molar-refractivity contribution in [3.05, 3.63) is 317 Å². The van der Waals surface area contributed by atoms with Gasteiger partial charge in [0.05, 0.1) is 0 Å². The summed E-state index contributed by atoms with van der Waals surface area (Å²) in [4.78, 5) is 0. The molecular weight excluding hydrogens is 1560 g/mol. The molecule has 0 atom stereocenters. The summed E-state index contributed by atoms with van der Waals surface area (Å²) in [6, 6.07) is 0. The molecule has 0 saturated heterocycles. The Morgan fingerprint density at radius 3 is 0.338 bits per heavy atom. The van der Waals surface area contributed by atoms with Crippen molar-refractivity contribution < 1.29 is 0 Å². The van der Waals surface area contributed by atoms with Crippen LogP contribution in [-0.4, -0.2) is 0 Å². The van der Waals surface area contributed by atoms with Crippen LogP contribution in [0.15, 0.2) is 5.57 Å². The van der Waals surface area contributed by atoms with Gasteiger partial charge in [-0.25, -0.2) is 0 Å². The topological polar surface area (TPSA) is 0 Å². The molecule has 2 aliphatic rings. The second-order valence-corrected chi connectivity index (χ2v) is 43.0. The highest BCUT2D eigenvalue weighted by Gasteiger charge is 2.42. The Morgan fingerprint density at radius 2 is 0.192 bits per heavy atom. The molecule has 0 spiro atoms. The van der Waals surface area contributed by atoms with Gasteiger partial charge in [0.1, 0.15) is 0 Å². The fourth-order valence-electron chi connectivity index (χ4n) is 24.3. The lowest BCUT2D eigenvalue weighted by atomic mass is 9.76. The number of fused-ring (bicyclic) bond motifs is 9. The Kier molecular flexibility index (Phi) is 30.1. The molecule has 0 heterocycles. The van der Waals surface area contributed by atoms with Gasteiger partial charge in [-0.2, -0.15) is 0 Å². The van der Waals surface area contributed by atoms with Crippen molar-refractivity contribution >= 4 is 59.4 Å². The number of allylic oxidation sites excluding steroid dienone is 2. The summed E-state index contributed by atoms with van der Waals surface area (Å²) >= 11 is 0. The van der Waals surface area contributed by atoms with E-state index in [2.05, 4.69) is 402 Å². The second kappa shape index (κ2) is 37.4. The molecular formula is C130H174. The van der Waals surface area contributed by atoms with Gasteiger partial charge in [0, 0.05) is 10.8 Å². The van der Waals surface area contributed by atoms with Crippen LogP contribution in [-0.2, 0) is 10.8 Å². The minimum Gasteiger partial charge on any atom is -0.0597 e. The maximum absolute atomic E-state index is 2.42. The summed E-state index contributed by atoms with van der Waals surface area (Å²) in [6.07, 6.45) is 0. The molecule has 0 unspecified atom stereocenters. The first-order chi connectivity index (χ1) is 59.7. The van der Waals surface area contributed by atoms with Crippen LogP contribution in [0.5, 0.6) is 0 Å². The van der Waals surface area contributed by atoms with Crippen LogP contribution in [0.2, 0.25) is 0 Å². The van der Waals surface area contributed by atoms with Gasteiger partial charge in [-0.1, -0.05) is 33.3 Å². The molecule has 13 aromatic carbocycles. The van der Waals surface area contributed by atoms with Crippen LogP contribution >= 0.6 is 0 Å². The summed E-state index contributed by atoms with van der Waals surface area (Å²) < 4.78 is 0. The molecule has 0 radical (unpaired) electrons. The fraction of sp³-hybridized carbons (Fsp3) is 0.462. The number of benzene rings is 13. The zero-order chi connectivity index (χ0) is 99.4. The lowest BCUT2D eigenvalue weighted by Gasteiger charge is -2.28. The van der Waals surface area contributed by atoms with Crippen molar-refractivity contribution in [2.24, 2.45) is 0 Å². The molecule has 0 aliphatic heterocycles. The molecule has 0 saturated carbocycles. The molecule has 2 aliphatic carbocycles. The highest BCUT2D eigenvalue weighted by atomic mass is 14.5. The molecule has 0 amide bonds. The van der Waals surface area contributed by atoms with E-state index in [4.69, 9.17) is 0 Å². The molecule has 0 aromatic heterocycles. The zero-order valence-corrected chi connectivity index (χ0v) is 94.0. The summed E-state index contributed by atoms with van der Waals surface area (Å²) in [6.45, 7) is 132. The van der Waals surface area contributed by atoms with Crippen LogP contribution in [0.3, 0.4) is 0 Å². The lowest BCUT2D eigenvalue weighted by Crippen LogP contribution is -2.19. The van der Waals surface area contributed by atoms with Crippen LogP contribution in [0.1, 0.15) is 353 Å². The molecule has 13 aromatic rings. The third kappa shape index (κ3) is 16.3. The summed E-state index contributed by atoms with van der Waals surface area (Å²) in [5.41, 5.74) is 88.3. The van der Waals surface area contributed by atoms with Crippen molar-refractivity contribution in [2.45, 2.75) is 412 Å². The molecule has 0 fully saturated rings. The van der Waals surface area contributed by atoms with Gasteiger partial charge in [0.15, 0.2) is 0 Å². The van der Waals surface area contributed by atoms with E-state index < -0.39 is 0 Å². The van der Waals surface area contributed by atoms with Gasteiger partial charge < -0.3 is 0 Å². The van der Waals surface area contributed by atoms with Crippen LogP contribution in [0, 0.1) is 360 Å².